The largest absolute Gasteiger partial charge is 0.416 e. The van der Waals surface area contributed by atoms with Crippen LogP contribution < -0.4 is 0 Å². The predicted molar refractivity (Wildman–Crippen MR) is 71.4 cm³/mol. The Morgan fingerprint density at radius 1 is 1.15 bits per heavy atom. The van der Waals surface area contributed by atoms with Crippen LogP contribution in [0, 0.1) is 0 Å². The minimum atomic E-state index is -4.31. The van der Waals surface area contributed by atoms with Crippen molar-refractivity contribution in [3.05, 3.63) is 35.4 Å². The monoisotopic (exact) mass is 287 g/mol. The quantitative estimate of drug-likeness (QED) is 0.903. The first-order chi connectivity index (χ1) is 9.28. The van der Waals surface area contributed by atoms with Gasteiger partial charge in [-0.2, -0.15) is 13.2 Å². The highest BCUT2D eigenvalue weighted by molar-refractivity contribution is 5.25. The average molecular weight is 287 g/mol. The number of halogens is 3. The van der Waals surface area contributed by atoms with Crippen LogP contribution in [0.15, 0.2) is 24.3 Å². The Morgan fingerprint density at radius 3 is 2.40 bits per heavy atom. The SMILES string of the molecule is CN1CCCC(O)(Cc2ccc(C(F)(F)F)cc2)CC1. The molecule has 1 aliphatic heterocycles. The smallest absolute Gasteiger partial charge is 0.389 e. The number of likely N-dealkylation sites (tertiary alicyclic amines) is 1. The van der Waals surface area contributed by atoms with Gasteiger partial charge in [0.2, 0.25) is 0 Å². The number of benzene rings is 1. The summed E-state index contributed by atoms with van der Waals surface area (Å²) in [4.78, 5) is 2.17. The Bertz CT molecular complexity index is 443. The number of nitrogens with zero attached hydrogens (tertiary/aromatic N) is 1. The molecule has 20 heavy (non-hydrogen) atoms. The zero-order valence-electron chi connectivity index (χ0n) is 11.6. The van der Waals surface area contributed by atoms with Gasteiger partial charge in [0.25, 0.3) is 0 Å². The van der Waals surface area contributed by atoms with Gasteiger partial charge in [-0.25, -0.2) is 0 Å². The molecule has 1 heterocycles. The van der Waals surface area contributed by atoms with E-state index in [0.717, 1.165) is 37.2 Å². The normalized spacial score (nSPS) is 25.4. The Kier molecular flexibility index (Phi) is 4.39. The van der Waals surface area contributed by atoms with Crippen LogP contribution >= 0.6 is 0 Å². The van der Waals surface area contributed by atoms with Crippen LogP contribution in [-0.4, -0.2) is 35.7 Å². The van der Waals surface area contributed by atoms with Gasteiger partial charge in [0.1, 0.15) is 0 Å². The summed E-state index contributed by atoms with van der Waals surface area (Å²) in [5, 5.41) is 10.6. The number of rotatable bonds is 2. The molecular weight excluding hydrogens is 267 g/mol. The molecule has 1 aromatic rings. The second-order valence-electron chi connectivity index (χ2n) is 5.75. The summed E-state index contributed by atoms with van der Waals surface area (Å²) in [6, 6.07) is 5.10. The molecule has 0 saturated carbocycles. The highest BCUT2D eigenvalue weighted by atomic mass is 19.4. The van der Waals surface area contributed by atoms with Gasteiger partial charge in [-0.3, -0.25) is 0 Å². The van der Waals surface area contributed by atoms with Crippen molar-refractivity contribution < 1.29 is 18.3 Å². The molecule has 1 unspecified atom stereocenters. The van der Waals surface area contributed by atoms with Gasteiger partial charge in [0.05, 0.1) is 11.2 Å². The van der Waals surface area contributed by atoms with Gasteiger partial charge >= 0.3 is 6.18 Å². The van der Waals surface area contributed by atoms with E-state index >= 15 is 0 Å². The molecule has 112 valence electrons. The van der Waals surface area contributed by atoms with Gasteiger partial charge in [-0.1, -0.05) is 12.1 Å². The molecule has 2 nitrogen and oxygen atoms in total. The van der Waals surface area contributed by atoms with Gasteiger partial charge in [-0.05, 0) is 50.6 Å². The minimum absolute atomic E-state index is 0.416. The third-order valence-corrected chi connectivity index (χ3v) is 3.96. The van der Waals surface area contributed by atoms with E-state index in [2.05, 4.69) is 4.90 Å². The zero-order chi connectivity index (χ0) is 14.8. The molecule has 1 fully saturated rings. The van der Waals surface area contributed by atoms with E-state index in [1.165, 1.54) is 12.1 Å². The first-order valence-corrected chi connectivity index (χ1v) is 6.86. The van der Waals surface area contributed by atoms with Crippen molar-refractivity contribution in [3.63, 3.8) is 0 Å². The molecule has 0 radical (unpaired) electrons. The van der Waals surface area contributed by atoms with Crippen molar-refractivity contribution in [1.82, 2.24) is 4.90 Å². The summed E-state index contributed by atoms with van der Waals surface area (Å²) >= 11 is 0. The van der Waals surface area contributed by atoms with Crippen LogP contribution in [-0.2, 0) is 12.6 Å². The highest BCUT2D eigenvalue weighted by Crippen LogP contribution is 2.31. The molecule has 0 bridgehead atoms. The fourth-order valence-electron chi connectivity index (χ4n) is 2.68. The maximum Gasteiger partial charge on any atom is 0.416 e. The fraction of sp³-hybridized carbons (Fsp3) is 0.600. The molecule has 1 N–H and O–H groups in total. The van der Waals surface area contributed by atoms with Crippen molar-refractivity contribution in [2.45, 2.75) is 37.5 Å². The second-order valence-corrected chi connectivity index (χ2v) is 5.75. The molecule has 0 spiro atoms. The zero-order valence-corrected chi connectivity index (χ0v) is 11.6. The van der Waals surface area contributed by atoms with Gasteiger partial charge in [-0.15, -0.1) is 0 Å². The van der Waals surface area contributed by atoms with E-state index < -0.39 is 17.3 Å². The number of alkyl halides is 3. The van der Waals surface area contributed by atoms with Gasteiger partial charge in [0.15, 0.2) is 0 Å². The molecule has 1 atom stereocenters. The van der Waals surface area contributed by atoms with Crippen LogP contribution in [0.4, 0.5) is 13.2 Å². The maximum atomic E-state index is 12.5. The van der Waals surface area contributed by atoms with E-state index in [1.54, 1.807) is 0 Å². The first kappa shape index (κ1) is 15.3. The molecular formula is C15H20F3NO. The van der Waals surface area contributed by atoms with E-state index in [-0.39, 0.29) is 0 Å². The van der Waals surface area contributed by atoms with Crippen LogP contribution in [0.3, 0.4) is 0 Å². The Labute approximate surface area is 117 Å². The molecule has 5 heteroatoms. The minimum Gasteiger partial charge on any atom is -0.389 e. The topological polar surface area (TPSA) is 23.5 Å². The number of aliphatic hydroxyl groups is 1. The fourth-order valence-corrected chi connectivity index (χ4v) is 2.68. The maximum absolute atomic E-state index is 12.5. The van der Waals surface area contributed by atoms with Gasteiger partial charge < -0.3 is 10.0 Å². The summed E-state index contributed by atoms with van der Waals surface area (Å²) in [5.41, 5.74) is -0.691. The molecule has 1 aromatic carbocycles. The van der Waals surface area contributed by atoms with Crippen molar-refractivity contribution in [1.29, 1.82) is 0 Å². The van der Waals surface area contributed by atoms with Crippen LogP contribution in [0.5, 0.6) is 0 Å². The first-order valence-electron chi connectivity index (χ1n) is 6.86. The summed E-state index contributed by atoms with van der Waals surface area (Å²) in [6.45, 7) is 1.77. The van der Waals surface area contributed by atoms with Crippen molar-refractivity contribution in [2.75, 3.05) is 20.1 Å². The molecule has 1 aliphatic rings. The van der Waals surface area contributed by atoms with Crippen molar-refractivity contribution >= 4 is 0 Å². The Balaban J connectivity index is 2.05. The molecule has 0 aromatic heterocycles. The summed E-state index contributed by atoms with van der Waals surface area (Å²) in [5.74, 6) is 0. The van der Waals surface area contributed by atoms with Crippen LogP contribution in [0.25, 0.3) is 0 Å². The third kappa shape index (κ3) is 3.96. The van der Waals surface area contributed by atoms with E-state index in [9.17, 15) is 18.3 Å². The van der Waals surface area contributed by atoms with E-state index in [0.29, 0.717) is 19.3 Å². The molecule has 0 aliphatic carbocycles. The average Bonchev–Trinajstić information content (AvgIpc) is 2.51. The van der Waals surface area contributed by atoms with Crippen LogP contribution in [0.2, 0.25) is 0 Å². The summed E-state index contributed by atoms with van der Waals surface area (Å²) in [7, 11) is 2.02. The summed E-state index contributed by atoms with van der Waals surface area (Å²) < 4.78 is 37.5. The lowest BCUT2D eigenvalue weighted by atomic mass is 9.87. The van der Waals surface area contributed by atoms with Crippen molar-refractivity contribution in [2.24, 2.45) is 0 Å². The third-order valence-electron chi connectivity index (χ3n) is 3.96. The molecule has 1 saturated heterocycles. The number of hydrogen-bond acceptors (Lipinski definition) is 2. The lowest BCUT2D eigenvalue weighted by Crippen LogP contribution is -2.32. The second kappa shape index (κ2) is 5.74. The highest BCUT2D eigenvalue weighted by Gasteiger charge is 2.32. The Hall–Kier alpha value is -1.07. The summed E-state index contributed by atoms with van der Waals surface area (Å²) in [6.07, 6.45) is -1.63. The lowest BCUT2D eigenvalue weighted by Gasteiger charge is -2.27. The van der Waals surface area contributed by atoms with Gasteiger partial charge in [0, 0.05) is 13.0 Å². The number of hydrogen-bond donors (Lipinski definition) is 1. The van der Waals surface area contributed by atoms with E-state index in [4.69, 9.17) is 0 Å². The lowest BCUT2D eigenvalue weighted by molar-refractivity contribution is -0.137. The van der Waals surface area contributed by atoms with Crippen molar-refractivity contribution in [3.8, 4) is 0 Å². The standard InChI is InChI=1S/C15H20F3NO/c1-19-9-2-7-14(20,8-10-19)11-12-3-5-13(6-4-12)15(16,17)18/h3-6,20H,2,7-11H2,1H3. The molecule has 2 rings (SSSR count). The predicted octanol–water partition coefficient (Wildman–Crippen LogP) is 3.09. The molecule has 0 amide bonds. The van der Waals surface area contributed by atoms with E-state index in [1.807, 2.05) is 7.05 Å². The Morgan fingerprint density at radius 2 is 1.80 bits per heavy atom. The van der Waals surface area contributed by atoms with Crippen LogP contribution in [0.1, 0.15) is 30.4 Å².